The van der Waals surface area contributed by atoms with Crippen molar-refractivity contribution in [1.82, 2.24) is 0 Å². The first kappa shape index (κ1) is 21.2. The number of hydrogen-bond donors (Lipinski definition) is 0. The Hall–Kier alpha value is -4.11. The summed E-state index contributed by atoms with van der Waals surface area (Å²) in [7, 11) is 0. The van der Waals surface area contributed by atoms with E-state index in [1.54, 1.807) is 0 Å². The topological polar surface area (TPSA) is 38.0 Å². The van der Waals surface area contributed by atoms with Crippen LogP contribution in [-0.2, 0) is 18.4 Å². The molecule has 2 aliphatic carbocycles. The average Bonchev–Trinajstić information content (AvgIpc) is 2.94. The summed E-state index contributed by atoms with van der Waals surface area (Å²) in [6.07, 6.45) is 6.76. The summed E-state index contributed by atoms with van der Waals surface area (Å²) in [6.45, 7) is 0. The Morgan fingerprint density at radius 2 is 1.25 bits per heavy atom. The van der Waals surface area contributed by atoms with Crippen LogP contribution in [-0.4, -0.2) is 11.6 Å². The van der Waals surface area contributed by atoms with Crippen LogP contribution in [0.1, 0.15) is 44.7 Å². The molecule has 0 fully saturated rings. The van der Waals surface area contributed by atoms with Gasteiger partial charge in [-0.05, 0) is 51.9 Å². The van der Waals surface area contributed by atoms with E-state index >= 15 is 0 Å². The normalized spacial score (nSPS) is 21.4. The highest BCUT2D eigenvalue weighted by Crippen LogP contribution is 2.44. The van der Waals surface area contributed by atoms with Crippen LogP contribution in [0.3, 0.4) is 0 Å². The van der Waals surface area contributed by atoms with Gasteiger partial charge in [0.15, 0.2) is 18.2 Å². The molecule has 7 rings (SSSR count). The first-order chi connectivity index (χ1) is 17.7. The number of aryl methyl sites for hydroxylation is 2. The Morgan fingerprint density at radius 3 is 1.94 bits per heavy atom. The molecule has 0 saturated heterocycles. The number of carbonyl (C=O) groups excluding carboxylic acids is 2. The second kappa shape index (κ2) is 7.96. The van der Waals surface area contributed by atoms with Crippen LogP contribution in [0.4, 0.5) is 0 Å². The summed E-state index contributed by atoms with van der Waals surface area (Å²) < 4.78 is 2.03. The maximum Gasteiger partial charge on any atom is 0.240 e. The van der Waals surface area contributed by atoms with E-state index in [1.165, 1.54) is 0 Å². The van der Waals surface area contributed by atoms with Gasteiger partial charge < -0.3 is 0 Å². The number of hydrogen-bond acceptors (Lipinski definition) is 2. The van der Waals surface area contributed by atoms with Gasteiger partial charge in [-0.15, -0.1) is 0 Å². The first-order valence-electron chi connectivity index (χ1n) is 12.8. The van der Waals surface area contributed by atoms with Crippen LogP contribution in [0.5, 0.6) is 0 Å². The van der Waals surface area contributed by atoms with Gasteiger partial charge in [0.1, 0.15) is 0 Å². The minimum atomic E-state index is -0.933. The molecule has 0 amide bonds. The van der Waals surface area contributed by atoms with Gasteiger partial charge in [0.2, 0.25) is 11.3 Å². The van der Waals surface area contributed by atoms with Gasteiger partial charge in [0.25, 0.3) is 0 Å². The molecule has 0 spiro atoms. The molecular weight excluding hydrogens is 442 g/mol. The predicted molar refractivity (Wildman–Crippen MR) is 141 cm³/mol. The van der Waals surface area contributed by atoms with Crippen molar-refractivity contribution in [3.63, 3.8) is 0 Å². The minimum Gasteiger partial charge on any atom is -0.294 e. The molecule has 1 aromatic heterocycles. The molecule has 36 heavy (non-hydrogen) atoms. The Bertz CT molecular complexity index is 1690. The molecule has 3 heteroatoms. The lowest BCUT2D eigenvalue weighted by atomic mass is 9.63. The summed E-state index contributed by atoms with van der Waals surface area (Å²) in [5, 5.41) is 4.60. The van der Waals surface area contributed by atoms with Crippen molar-refractivity contribution in [2.75, 3.05) is 0 Å². The van der Waals surface area contributed by atoms with Crippen molar-refractivity contribution in [3.8, 4) is 0 Å². The summed E-state index contributed by atoms with van der Waals surface area (Å²) in [4.78, 5) is 28.8. The van der Waals surface area contributed by atoms with Crippen molar-refractivity contribution in [1.29, 1.82) is 0 Å². The number of aromatic nitrogens is 1. The van der Waals surface area contributed by atoms with E-state index in [1.807, 2.05) is 83.7 Å². The number of rotatable bonds is 2. The Kier molecular flexibility index (Phi) is 4.69. The first-order valence-corrected chi connectivity index (χ1v) is 12.8. The van der Waals surface area contributed by atoms with Crippen LogP contribution < -0.4 is 4.57 Å². The van der Waals surface area contributed by atoms with Crippen molar-refractivity contribution in [3.05, 3.63) is 126 Å². The van der Waals surface area contributed by atoms with Gasteiger partial charge in [0, 0.05) is 29.7 Å². The van der Waals surface area contributed by atoms with E-state index in [-0.39, 0.29) is 11.6 Å². The molecular formula is C33H26NO2+. The molecule has 0 aliphatic heterocycles. The van der Waals surface area contributed by atoms with E-state index in [4.69, 9.17) is 0 Å². The fourth-order valence-corrected chi connectivity index (χ4v) is 6.80. The third-order valence-corrected chi connectivity index (χ3v) is 8.49. The zero-order valence-electron chi connectivity index (χ0n) is 20.0. The monoisotopic (exact) mass is 468 g/mol. The summed E-state index contributed by atoms with van der Waals surface area (Å²) in [6, 6.07) is 30.5. The van der Waals surface area contributed by atoms with Gasteiger partial charge in [-0.3, -0.25) is 9.59 Å². The third-order valence-electron chi connectivity index (χ3n) is 8.49. The molecule has 2 atom stereocenters. The number of benzene rings is 4. The lowest BCUT2D eigenvalue weighted by Crippen LogP contribution is -2.68. The van der Waals surface area contributed by atoms with E-state index in [2.05, 4.69) is 24.3 Å². The molecule has 4 aromatic carbocycles. The number of ketones is 2. The molecule has 0 radical (unpaired) electrons. The maximum atomic E-state index is 14.6. The molecule has 2 unspecified atom stereocenters. The van der Waals surface area contributed by atoms with E-state index < -0.39 is 11.5 Å². The molecule has 0 saturated carbocycles. The van der Waals surface area contributed by atoms with Crippen molar-refractivity contribution >= 4 is 33.1 Å². The quantitative estimate of drug-likeness (QED) is 0.287. The highest BCUT2D eigenvalue weighted by Gasteiger charge is 2.59. The second-order valence-corrected chi connectivity index (χ2v) is 10.1. The third kappa shape index (κ3) is 2.89. The van der Waals surface area contributed by atoms with Crippen LogP contribution in [0.2, 0.25) is 0 Å². The van der Waals surface area contributed by atoms with E-state index in [0.29, 0.717) is 12.8 Å². The number of carbonyl (C=O) groups is 2. The standard InChI is InChI=1S/C33H26NO2/c35-31-28-14-12-22-8-2-4-10-24(22)26(28)16-17-30(31)33(34-20-6-1-7-21-34)19-18-27-25-11-5-3-9-23(25)13-15-29(27)32(33)36/h1-15,20-21,30H,16-19H2/q+1. The largest absolute Gasteiger partial charge is 0.294 e. The zero-order valence-corrected chi connectivity index (χ0v) is 20.0. The number of Topliss-reactive ketones (excluding diaryl/α,β-unsaturated/α-hetero) is 2. The summed E-state index contributed by atoms with van der Waals surface area (Å²) in [5.41, 5.74) is 2.83. The molecule has 5 aromatic rings. The number of fused-ring (bicyclic) bond motifs is 6. The Labute approximate surface area is 210 Å². The smallest absolute Gasteiger partial charge is 0.240 e. The lowest BCUT2D eigenvalue weighted by molar-refractivity contribution is -0.754. The van der Waals surface area contributed by atoms with Gasteiger partial charge in [-0.1, -0.05) is 78.9 Å². The van der Waals surface area contributed by atoms with Crippen LogP contribution in [0.15, 0.2) is 103 Å². The Morgan fingerprint density at radius 1 is 0.639 bits per heavy atom. The molecule has 2 aliphatic rings. The van der Waals surface area contributed by atoms with Gasteiger partial charge in [-0.25, -0.2) is 0 Å². The predicted octanol–water partition coefficient (Wildman–Crippen LogP) is 6.25. The van der Waals surface area contributed by atoms with Crippen molar-refractivity contribution < 1.29 is 14.2 Å². The average molecular weight is 469 g/mol. The second-order valence-electron chi connectivity index (χ2n) is 10.1. The Balaban J connectivity index is 1.41. The number of nitrogens with zero attached hydrogens (tertiary/aromatic N) is 1. The summed E-state index contributed by atoms with van der Waals surface area (Å²) >= 11 is 0. The highest BCUT2D eigenvalue weighted by atomic mass is 16.1. The molecule has 1 heterocycles. The fraction of sp³-hybridized carbons (Fsp3) is 0.182. The fourth-order valence-electron chi connectivity index (χ4n) is 6.80. The zero-order chi connectivity index (χ0) is 24.3. The van der Waals surface area contributed by atoms with Gasteiger partial charge in [-0.2, -0.15) is 4.57 Å². The number of pyridine rings is 1. The van der Waals surface area contributed by atoms with Crippen molar-refractivity contribution in [2.24, 2.45) is 5.92 Å². The minimum absolute atomic E-state index is 0.0632. The SMILES string of the molecule is O=C1c2ccc3ccccc3c2CCC1C1([n+]2ccccc2)CCc2c(ccc3ccccc23)C1=O. The van der Waals surface area contributed by atoms with Crippen LogP contribution in [0, 0.1) is 5.92 Å². The molecule has 0 N–H and O–H groups in total. The van der Waals surface area contributed by atoms with Crippen molar-refractivity contribution in [2.45, 2.75) is 31.2 Å². The summed E-state index contributed by atoms with van der Waals surface area (Å²) in [5.74, 6) is -0.255. The molecule has 174 valence electrons. The highest BCUT2D eigenvalue weighted by molar-refractivity contribution is 6.12. The van der Waals surface area contributed by atoms with E-state index in [9.17, 15) is 9.59 Å². The van der Waals surface area contributed by atoms with Crippen LogP contribution in [0.25, 0.3) is 21.5 Å². The molecule has 3 nitrogen and oxygen atoms in total. The van der Waals surface area contributed by atoms with Crippen LogP contribution >= 0.6 is 0 Å². The van der Waals surface area contributed by atoms with Gasteiger partial charge >= 0.3 is 0 Å². The van der Waals surface area contributed by atoms with Gasteiger partial charge in [0.05, 0.1) is 5.92 Å². The maximum absolute atomic E-state index is 14.6. The lowest BCUT2D eigenvalue weighted by Gasteiger charge is -2.39. The van der Waals surface area contributed by atoms with E-state index in [0.717, 1.165) is 56.6 Å². The molecule has 0 bridgehead atoms.